The largest absolute Gasteiger partial charge is 0.339 e. The van der Waals surface area contributed by atoms with Crippen LogP contribution in [-0.4, -0.2) is 29.4 Å². The highest BCUT2D eigenvalue weighted by atomic mass is 16.2. The minimum atomic E-state index is 0.179. The third-order valence-electron chi connectivity index (χ3n) is 6.53. The van der Waals surface area contributed by atoms with Crippen molar-refractivity contribution >= 4 is 5.91 Å². The van der Waals surface area contributed by atoms with Crippen molar-refractivity contribution in [3.63, 3.8) is 0 Å². The van der Waals surface area contributed by atoms with Crippen molar-refractivity contribution in [1.29, 1.82) is 0 Å². The van der Waals surface area contributed by atoms with Crippen LogP contribution in [0.5, 0.6) is 0 Å². The lowest BCUT2D eigenvalue weighted by Gasteiger charge is -2.40. The van der Waals surface area contributed by atoms with Crippen LogP contribution in [0, 0.1) is 23.7 Å². The summed E-state index contributed by atoms with van der Waals surface area (Å²) in [7, 11) is 0. The van der Waals surface area contributed by atoms with Gasteiger partial charge in [-0.15, -0.1) is 0 Å². The third kappa shape index (κ3) is 2.99. The van der Waals surface area contributed by atoms with Gasteiger partial charge < -0.3 is 10.6 Å². The number of nitrogens with zero attached hydrogens (tertiary/aromatic N) is 1. The Hall–Kier alpha value is -0.570. The monoisotopic (exact) mass is 292 g/mol. The molecule has 3 heteroatoms. The zero-order valence-electron chi connectivity index (χ0n) is 13.8. The third-order valence-corrected chi connectivity index (χ3v) is 6.53. The molecule has 5 atom stereocenters. The fourth-order valence-electron chi connectivity index (χ4n) is 5.14. The van der Waals surface area contributed by atoms with Crippen molar-refractivity contribution in [1.82, 2.24) is 4.90 Å². The molecular formula is C18H32N2O. The van der Waals surface area contributed by atoms with E-state index in [9.17, 15) is 4.79 Å². The second-order valence-electron chi connectivity index (χ2n) is 7.98. The molecule has 1 aliphatic heterocycles. The maximum atomic E-state index is 13.1. The molecule has 3 nitrogen and oxygen atoms in total. The van der Waals surface area contributed by atoms with Gasteiger partial charge in [-0.05, 0) is 56.3 Å². The molecule has 0 bridgehead atoms. The Balaban J connectivity index is 1.68. The van der Waals surface area contributed by atoms with Gasteiger partial charge in [0.2, 0.25) is 5.91 Å². The highest BCUT2D eigenvalue weighted by Crippen LogP contribution is 2.39. The molecule has 3 aliphatic rings. The second kappa shape index (κ2) is 6.28. The van der Waals surface area contributed by atoms with Crippen LogP contribution in [0.3, 0.4) is 0 Å². The lowest BCUT2D eigenvalue weighted by Crippen LogP contribution is -2.49. The van der Waals surface area contributed by atoms with Gasteiger partial charge in [-0.2, -0.15) is 0 Å². The van der Waals surface area contributed by atoms with Crippen LogP contribution < -0.4 is 5.73 Å². The molecule has 3 rings (SSSR count). The van der Waals surface area contributed by atoms with Gasteiger partial charge >= 0.3 is 0 Å². The van der Waals surface area contributed by atoms with Crippen LogP contribution in [0.2, 0.25) is 0 Å². The van der Waals surface area contributed by atoms with Gasteiger partial charge in [0.15, 0.2) is 0 Å². The summed E-state index contributed by atoms with van der Waals surface area (Å²) in [5, 5.41) is 0. The molecule has 0 aromatic heterocycles. The molecule has 1 heterocycles. The highest BCUT2D eigenvalue weighted by molar-refractivity contribution is 5.80. The van der Waals surface area contributed by atoms with Crippen LogP contribution in [0.25, 0.3) is 0 Å². The molecule has 0 aromatic rings. The average Bonchev–Trinajstić information content (AvgIpc) is 3.11. The van der Waals surface area contributed by atoms with E-state index in [4.69, 9.17) is 5.73 Å². The molecule has 1 saturated heterocycles. The normalized spacial score (nSPS) is 41.7. The maximum Gasteiger partial charge on any atom is 0.226 e. The van der Waals surface area contributed by atoms with Gasteiger partial charge in [0.1, 0.15) is 0 Å². The van der Waals surface area contributed by atoms with Crippen LogP contribution in [0.1, 0.15) is 65.2 Å². The standard InChI is InChI=1S/C18H32N2O/c1-12-10-13(2)16(19)11-15(12)18(21)20-9-5-8-17(20)14-6-3-4-7-14/h12-17H,3-11,19H2,1-2H3. The van der Waals surface area contributed by atoms with Crippen LogP contribution >= 0.6 is 0 Å². The Morgan fingerprint density at radius 1 is 1.00 bits per heavy atom. The summed E-state index contributed by atoms with van der Waals surface area (Å²) in [4.78, 5) is 15.4. The quantitative estimate of drug-likeness (QED) is 0.849. The predicted molar refractivity (Wildman–Crippen MR) is 85.7 cm³/mol. The first kappa shape index (κ1) is 15.3. The van der Waals surface area contributed by atoms with Crippen LogP contribution in [0.15, 0.2) is 0 Å². The summed E-state index contributed by atoms with van der Waals surface area (Å²) in [6.45, 7) is 5.48. The Kier molecular flexibility index (Phi) is 4.58. The summed E-state index contributed by atoms with van der Waals surface area (Å²) in [5.41, 5.74) is 6.25. The number of rotatable bonds is 2. The van der Waals surface area contributed by atoms with Crippen molar-refractivity contribution in [3.05, 3.63) is 0 Å². The Morgan fingerprint density at radius 2 is 1.71 bits per heavy atom. The van der Waals surface area contributed by atoms with E-state index in [-0.39, 0.29) is 12.0 Å². The number of hydrogen-bond acceptors (Lipinski definition) is 2. The molecule has 2 saturated carbocycles. The van der Waals surface area contributed by atoms with Crippen molar-refractivity contribution in [3.8, 4) is 0 Å². The van der Waals surface area contributed by atoms with Gasteiger partial charge in [0, 0.05) is 24.5 Å². The average molecular weight is 292 g/mol. The van der Waals surface area contributed by atoms with Crippen molar-refractivity contribution in [2.45, 2.75) is 77.3 Å². The first-order valence-electron chi connectivity index (χ1n) is 9.14. The summed E-state index contributed by atoms with van der Waals surface area (Å²) < 4.78 is 0. The lowest BCUT2D eigenvalue weighted by molar-refractivity contribution is -0.140. The van der Waals surface area contributed by atoms with Crippen LogP contribution in [-0.2, 0) is 4.79 Å². The van der Waals surface area contributed by atoms with E-state index in [1.807, 2.05) is 0 Å². The van der Waals surface area contributed by atoms with E-state index in [0.29, 0.717) is 23.8 Å². The topological polar surface area (TPSA) is 46.3 Å². The summed E-state index contributed by atoms with van der Waals surface area (Å²) in [5.74, 6) is 2.45. The smallest absolute Gasteiger partial charge is 0.226 e. The number of amides is 1. The molecule has 0 radical (unpaired) electrons. The van der Waals surface area contributed by atoms with E-state index in [0.717, 1.165) is 25.3 Å². The van der Waals surface area contributed by atoms with Crippen molar-refractivity contribution in [2.75, 3.05) is 6.54 Å². The molecule has 120 valence electrons. The Bertz CT molecular complexity index is 377. The SMILES string of the molecule is CC1CC(C)C(C(=O)N2CCCC2C2CCCC2)CC1N. The number of carbonyl (C=O) groups is 1. The number of likely N-dealkylation sites (tertiary alicyclic amines) is 1. The van der Waals surface area contributed by atoms with E-state index < -0.39 is 0 Å². The molecule has 2 N–H and O–H groups in total. The molecule has 0 aromatic carbocycles. The molecule has 0 spiro atoms. The van der Waals surface area contributed by atoms with Gasteiger partial charge in [-0.1, -0.05) is 26.7 Å². The van der Waals surface area contributed by atoms with E-state index >= 15 is 0 Å². The molecule has 1 amide bonds. The zero-order valence-corrected chi connectivity index (χ0v) is 13.8. The minimum absolute atomic E-state index is 0.179. The molecular weight excluding hydrogens is 260 g/mol. The summed E-state index contributed by atoms with van der Waals surface area (Å²) in [6.07, 6.45) is 9.86. The van der Waals surface area contributed by atoms with E-state index in [1.54, 1.807) is 0 Å². The maximum absolute atomic E-state index is 13.1. The van der Waals surface area contributed by atoms with Crippen molar-refractivity contribution in [2.24, 2.45) is 29.4 Å². The molecule has 3 fully saturated rings. The first-order valence-corrected chi connectivity index (χ1v) is 9.14. The highest BCUT2D eigenvalue weighted by Gasteiger charge is 2.42. The number of carbonyl (C=O) groups excluding carboxylic acids is 1. The molecule has 2 aliphatic carbocycles. The number of hydrogen-bond donors (Lipinski definition) is 1. The van der Waals surface area contributed by atoms with Gasteiger partial charge in [0.25, 0.3) is 0 Å². The zero-order chi connectivity index (χ0) is 15.0. The van der Waals surface area contributed by atoms with E-state index in [1.165, 1.54) is 38.5 Å². The van der Waals surface area contributed by atoms with Crippen molar-refractivity contribution < 1.29 is 4.79 Å². The fourth-order valence-corrected chi connectivity index (χ4v) is 5.14. The van der Waals surface area contributed by atoms with Crippen LogP contribution in [0.4, 0.5) is 0 Å². The Morgan fingerprint density at radius 3 is 2.43 bits per heavy atom. The first-order chi connectivity index (χ1) is 10.1. The summed E-state index contributed by atoms with van der Waals surface area (Å²) >= 11 is 0. The van der Waals surface area contributed by atoms with Gasteiger partial charge in [0.05, 0.1) is 0 Å². The fraction of sp³-hybridized carbons (Fsp3) is 0.944. The van der Waals surface area contributed by atoms with E-state index in [2.05, 4.69) is 18.7 Å². The minimum Gasteiger partial charge on any atom is -0.339 e. The summed E-state index contributed by atoms with van der Waals surface area (Å²) in [6, 6.07) is 0.755. The second-order valence-corrected chi connectivity index (χ2v) is 7.98. The number of nitrogens with two attached hydrogens (primary N) is 1. The van der Waals surface area contributed by atoms with Gasteiger partial charge in [-0.25, -0.2) is 0 Å². The van der Waals surface area contributed by atoms with Gasteiger partial charge in [-0.3, -0.25) is 4.79 Å². The molecule has 21 heavy (non-hydrogen) atoms. The molecule has 5 unspecified atom stereocenters. The lowest BCUT2D eigenvalue weighted by atomic mass is 9.72. The Labute approximate surface area is 129 Å². The predicted octanol–water partition coefficient (Wildman–Crippen LogP) is 3.18.